The lowest BCUT2D eigenvalue weighted by Crippen LogP contribution is -2.19. The van der Waals surface area contributed by atoms with Crippen molar-refractivity contribution in [2.45, 2.75) is 32.4 Å². The molecule has 2 nitrogen and oxygen atoms in total. The van der Waals surface area contributed by atoms with E-state index in [0.29, 0.717) is 34.6 Å². The van der Waals surface area contributed by atoms with Crippen molar-refractivity contribution in [3.05, 3.63) is 88.2 Å². The lowest BCUT2D eigenvalue weighted by atomic mass is 9.96. The van der Waals surface area contributed by atoms with E-state index in [1.54, 1.807) is 12.1 Å². The Hall–Kier alpha value is -3.07. The SMILES string of the molecule is COc1ccc(C)cc1-c1ccc(F)cc1CN(C)Cc1cc(C(F)(F)F)cc(C(F)(F)F)c1. The van der Waals surface area contributed by atoms with E-state index >= 15 is 0 Å². The number of nitrogens with zero attached hydrogens (tertiary/aromatic N) is 1. The predicted octanol–water partition coefficient (Wildman–Crippen LogP) is 7.48. The molecule has 0 aliphatic rings. The molecule has 0 aliphatic carbocycles. The van der Waals surface area contributed by atoms with Gasteiger partial charge >= 0.3 is 12.4 Å². The predicted molar refractivity (Wildman–Crippen MR) is 115 cm³/mol. The van der Waals surface area contributed by atoms with Gasteiger partial charge in [-0.3, -0.25) is 4.90 Å². The van der Waals surface area contributed by atoms with Crippen LogP contribution >= 0.6 is 0 Å². The summed E-state index contributed by atoms with van der Waals surface area (Å²) in [5, 5.41) is 0. The molecule has 0 heterocycles. The second-order valence-electron chi connectivity index (χ2n) is 8.09. The molecule has 0 atom stereocenters. The second-order valence-corrected chi connectivity index (χ2v) is 8.09. The van der Waals surface area contributed by atoms with Crippen LogP contribution in [0.25, 0.3) is 11.1 Å². The summed E-state index contributed by atoms with van der Waals surface area (Å²) >= 11 is 0. The molecule has 0 unspecified atom stereocenters. The third-order valence-electron chi connectivity index (χ3n) is 5.25. The molecule has 0 saturated heterocycles. The van der Waals surface area contributed by atoms with Crippen molar-refractivity contribution in [2.24, 2.45) is 0 Å². The van der Waals surface area contributed by atoms with E-state index in [1.165, 1.54) is 31.2 Å². The van der Waals surface area contributed by atoms with Crippen LogP contribution in [0.3, 0.4) is 0 Å². The van der Waals surface area contributed by atoms with E-state index in [1.807, 2.05) is 19.1 Å². The average molecular weight is 485 g/mol. The van der Waals surface area contributed by atoms with Gasteiger partial charge in [0.25, 0.3) is 0 Å². The molecule has 9 heteroatoms. The van der Waals surface area contributed by atoms with Gasteiger partial charge in [-0.1, -0.05) is 17.7 Å². The standard InChI is InChI=1S/C25H22F7NO/c1-15-4-7-23(34-3)22(8-15)21-6-5-20(26)11-17(21)14-33(2)13-16-9-18(24(27,28)29)12-19(10-16)25(30,31)32/h4-12H,13-14H2,1-3H3. The van der Waals surface area contributed by atoms with Crippen LogP contribution in [0, 0.1) is 12.7 Å². The molecule has 182 valence electrons. The summed E-state index contributed by atoms with van der Waals surface area (Å²) in [6.07, 6.45) is -9.85. The fourth-order valence-corrected chi connectivity index (χ4v) is 3.76. The minimum Gasteiger partial charge on any atom is -0.496 e. The first-order valence-corrected chi connectivity index (χ1v) is 10.2. The monoisotopic (exact) mass is 485 g/mol. The van der Waals surface area contributed by atoms with E-state index in [2.05, 4.69) is 0 Å². The molecular formula is C25H22F7NO. The number of hydrogen-bond acceptors (Lipinski definition) is 2. The molecule has 3 aromatic carbocycles. The lowest BCUT2D eigenvalue weighted by molar-refractivity contribution is -0.143. The van der Waals surface area contributed by atoms with Crippen molar-refractivity contribution >= 4 is 0 Å². The summed E-state index contributed by atoms with van der Waals surface area (Å²) < 4.78 is 98.5. The van der Waals surface area contributed by atoms with Crippen LogP contribution < -0.4 is 4.74 Å². The van der Waals surface area contributed by atoms with Crippen molar-refractivity contribution in [1.82, 2.24) is 4.90 Å². The zero-order chi connectivity index (χ0) is 25.3. The maximum Gasteiger partial charge on any atom is 0.416 e. The Morgan fingerprint density at radius 1 is 0.765 bits per heavy atom. The number of benzene rings is 3. The van der Waals surface area contributed by atoms with Crippen LogP contribution in [0.2, 0.25) is 0 Å². The maximum absolute atomic E-state index is 14.1. The molecule has 3 aromatic rings. The molecule has 0 N–H and O–H groups in total. The molecule has 34 heavy (non-hydrogen) atoms. The lowest BCUT2D eigenvalue weighted by Gasteiger charge is -2.21. The van der Waals surface area contributed by atoms with Gasteiger partial charge in [0.05, 0.1) is 18.2 Å². The van der Waals surface area contributed by atoms with Crippen molar-refractivity contribution in [1.29, 1.82) is 0 Å². The summed E-state index contributed by atoms with van der Waals surface area (Å²) in [6, 6.07) is 11.1. The Morgan fingerprint density at radius 3 is 1.94 bits per heavy atom. The highest BCUT2D eigenvalue weighted by Crippen LogP contribution is 2.37. The van der Waals surface area contributed by atoms with Crippen LogP contribution in [0.15, 0.2) is 54.6 Å². The normalized spacial score (nSPS) is 12.3. The molecule has 0 bridgehead atoms. The summed E-state index contributed by atoms with van der Waals surface area (Å²) in [7, 11) is 3.03. The van der Waals surface area contributed by atoms with Gasteiger partial charge in [0.15, 0.2) is 0 Å². The quantitative estimate of drug-likeness (QED) is 0.336. The highest BCUT2D eigenvalue weighted by molar-refractivity contribution is 5.74. The third kappa shape index (κ3) is 6.08. The molecule has 0 saturated carbocycles. The number of alkyl halides is 6. The Morgan fingerprint density at radius 2 is 1.38 bits per heavy atom. The van der Waals surface area contributed by atoms with Gasteiger partial charge in [0.1, 0.15) is 11.6 Å². The van der Waals surface area contributed by atoms with Crippen LogP contribution in [0.4, 0.5) is 30.7 Å². The van der Waals surface area contributed by atoms with E-state index < -0.39 is 29.3 Å². The first-order chi connectivity index (χ1) is 15.8. The number of aryl methyl sites for hydroxylation is 1. The van der Waals surface area contributed by atoms with Gasteiger partial charge < -0.3 is 4.74 Å². The van der Waals surface area contributed by atoms with Crippen molar-refractivity contribution in [3.8, 4) is 16.9 Å². The summed E-state index contributed by atoms with van der Waals surface area (Å²) in [5.41, 5.74) is -0.116. The zero-order valence-electron chi connectivity index (χ0n) is 18.6. The van der Waals surface area contributed by atoms with Crippen LogP contribution in [0.1, 0.15) is 27.8 Å². The molecule has 0 aliphatic heterocycles. The van der Waals surface area contributed by atoms with E-state index in [-0.39, 0.29) is 24.7 Å². The fourth-order valence-electron chi connectivity index (χ4n) is 3.76. The number of ether oxygens (including phenoxy) is 1. The number of hydrogen-bond donors (Lipinski definition) is 0. The highest BCUT2D eigenvalue weighted by Gasteiger charge is 2.37. The Bertz CT molecular complexity index is 1140. The van der Waals surface area contributed by atoms with Gasteiger partial charge in [-0.05, 0) is 73.1 Å². The number of methoxy groups -OCH3 is 1. The van der Waals surface area contributed by atoms with Gasteiger partial charge in [0, 0.05) is 18.7 Å². The van der Waals surface area contributed by atoms with Crippen LogP contribution in [-0.4, -0.2) is 19.1 Å². The molecule has 0 amide bonds. The molecule has 0 spiro atoms. The Balaban J connectivity index is 1.96. The van der Waals surface area contributed by atoms with Crippen LogP contribution in [-0.2, 0) is 25.4 Å². The van der Waals surface area contributed by atoms with Gasteiger partial charge in [-0.15, -0.1) is 0 Å². The van der Waals surface area contributed by atoms with Crippen molar-refractivity contribution < 1.29 is 35.5 Å². The van der Waals surface area contributed by atoms with Gasteiger partial charge in [-0.2, -0.15) is 26.3 Å². The maximum atomic E-state index is 14.1. The van der Waals surface area contributed by atoms with Crippen molar-refractivity contribution in [3.63, 3.8) is 0 Å². The van der Waals surface area contributed by atoms with E-state index in [9.17, 15) is 30.7 Å². The third-order valence-corrected chi connectivity index (χ3v) is 5.25. The first-order valence-electron chi connectivity index (χ1n) is 10.2. The summed E-state index contributed by atoms with van der Waals surface area (Å²) in [4.78, 5) is 1.52. The minimum absolute atomic E-state index is 0.0712. The average Bonchev–Trinajstić information content (AvgIpc) is 2.72. The highest BCUT2D eigenvalue weighted by atomic mass is 19.4. The molecule has 0 radical (unpaired) electrons. The summed E-state index contributed by atoms with van der Waals surface area (Å²) in [5.74, 6) is 0.0333. The number of rotatable bonds is 6. The minimum atomic E-state index is -4.92. The first kappa shape index (κ1) is 25.6. The second kappa shape index (κ2) is 9.66. The molecule has 0 fully saturated rings. The number of halogens is 7. The van der Waals surface area contributed by atoms with E-state index in [0.717, 1.165) is 5.56 Å². The fraction of sp³-hybridized carbons (Fsp3) is 0.280. The smallest absolute Gasteiger partial charge is 0.416 e. The molecule has 3 rings (SSSR count). The molecule has 0 aromatic heterocycles. The Labute approximate surface area is 192 Å². The topological polar surface area (TPSA) is 12.5 Å². The Kier molecular flexibility index (Phi) is 7.26. The zero-order valence-corrected chi connectivity index (χ0v) is 18.6. The van der Waals surface area contributed by atoms with Crippen LogP contribution in [0.5, 0.6) is 5.75 Å². The van der Waals surface area contributed by atoms with E-state index in [4.69, 9.17) is 4.74 Å². The van der Waals surface area contributed by atoms with Gasteiger partial charge in [-0.25, -0.2) is 4.39 Å². The largest absolute Gasteiger partial charge is 0.496 e. The summed E-state index contributed by atoms with van der Waals surface area (Å²) in [6.45, 7) is 1.74. The van der Waals surface area contributed by atoms with Gasteiger partial charge in [0.2, 0.25) is 0 Å². The van der Waals surface area contributed by atoms with Crippen molar-refractivity contribution in [2.75, 3.05) is 14.2 Å². The molecular weight excluding hydrogens is 463 g/mol.